The number of hydrogen-bond acceptors (Lipinski definition) is 3. The first kappa shape index (κ1) is 11.8. The van der Waals surface area contributed by atoms with E-state index >= 15 is 0 Å². The Labute approximate surface area is 102 Å². The van der Waals surface area contributed by atoms with Crippen LogP contribution in [0.5, 0.6) is 0 Å². The van der Waals surface area contributed by atoms with Crippen molar-refractivity contribution in [3.05, 3.63) is 30.6 Å². The number of aryl methyl sites for hydroxylation is 1. The van der Waals surface area contributed by atoms with Crippen LogP contribution in [0.4, 0.5) is 0 Å². The minimum absolute atomic E-state index is 0.848. The van der Waals surface area contributed by atoms with Crippen molar-refractivity contribution in [3.8, 4) is 11.4 Å². The van der Waals surface area contributed by atoms with Crippen molar-refractivity contribution >= 4 is 0 Å². The molecule has 0 saturated carbocycles. The van der Waals surface area contributed by atoms with E-state index in [0.29, 0.717) is 0 Å². The Hall–Kier alpha value is -1.71. The van der Waals surface area contributed by atoms with Gasteiger partial charge in [-0.15, -0.1) is 5.10 Å². The Morgan fingerprint density at radius 1 is 1.12 bits per heavy atom. The van der Waals surface area contributed by atoms with Crippen LogP contribution in [0.2, 0.25) is 0 Å². The maximum Gasteiger partial charge on any atom is 0.131 e. The molecule has 2 rings (SSSR count). The Bertz CT molecular complexity index is 436. The van der Waals surface area contributed by atoms with Crippen molar-refractivity contribution < 1.29 is 0 Å². The predicted octanol–water partition coefficient (Wildman–Crippen LogP) is 2.92. The van der Waals surface area contributed by atoms with Gasteiger partial charge in [0.1, 0.15) is 5.69 Å². The molecule has 2 aromatic rings. The molecule has 0 aliphatic heterocycles. The molecule has 2 aromatic heterocycles. The molecule has 0 amide bonds. The average Bonchev–Trinajstić information content (AvgIpc) is 2.85. The number of pyridine rings is 1. The SMILES string of the molecule is CCCCCCn1cc(-c2ccccn2)nn1. The van der Waals surface area contributed by atoms with Gasteiger partial charge >= 0.3 is 0 Å². The van der Waals surface area contributed by atoms with E-state index in [1.807, 2.05) is 29.1 Å². The molecule has 0 aliphatic carbocycles. The summed E-state index contributed by atoms with van der Waals surface area (Å²) in [5, 5.41) is 8.25. The highest BCUT2D eigenvalue weighted by molar-refractivity contribution is 5.51. The zero-order chi connectivity index (χ0) is 11.9. The molecule has 2 heterocycles. The van der Waals surface area contributed by atoms with Crippen molar-refractivity contribution in [2.45, 2.75) is 39.2 Å². The van der Waals surface area contributed by atoms with Gasteiger partial charge in [0.15, 0.2) is 0 Å². The molecular formula is C13H18N4. The second-order valence-electron chi connectivity index (χ2n) is 4.14. The first-order valence-corrected chi connectivity index (χ1v) is 6.21. The zero-order valence-corrected chi connectivity index (χ0v) is 10.2. The van der Waals surface area contributed by atoms with Crippen LogP contribution in [0.3, 0.4) is 0 Å². The first-order valence-electron chi connectivity index (χ1n) is 6.21. The lowest BCUT2D eigenvalue weighted by atomic mass is 10.2. The number of aromatic nitrogens is 4. The Kier molecular flexibility index (Phi) is 4.24. The van der Waals surface area contributed by atoms with E-state index in [2.05, 4.69) is 22.2 Å². The largest absolute Gasteiger partial charge is 0.254 e. The van der Waals surface area contributed by atoms with E-state index in [4.69, 9.17) is 0 Å². The summed E-state index contributed by atoms with van der Waals surface area (Å²) < 4.78 is 1.90. The Morgan fingerprint density at radius 2 is 2.06 bits per heavy atom. The van der Waals surface area contributed by atoms with Crippen molar-refractivity contribution in [1.29, 1.82) is 0 Å². The molecule has 0 saturated heterocycles. The van der Waals surface area contributed by atoms with Crippen LogP contribution in [0.1, 0.15) is 32.6 Å². The highest BCUT2D eigenvalue weighted by atomic mass is 15.4. The molecule has 17 heavy (non-hydrogen) atoms. The van der Waals surface area contributed by atoms with Gasteiger partial charge < -0.3 is 0 Å². The first-order chi connectivity index (χ1) is 8.40. The summed E-state index contributed by atoms with van der Waals surface area (Å²) in [5.74, 6) is 0. The topological polar surface area (TPSA) is 43.6 Å². The average molecular weight is 230 g/mol. The van der Waals surface area contributed by atoms with Crippen LogP contribution in [-0.2, 0) is 6.54 Å². The molecule has 0 bridgehead atoms. The lowest BCUT2D eigenvalue weighted by Gasteiger charge is -1.98. The summed E-state index contributed by atoms with van der Waals surface area (Å²) in [7, 11) is 0. The maximum atomic E-state index is 4.26. The van der Waals surface area contributed by atoms with Gasteiger partial charge in [-0.05, 0) is 18.6 Å². The van der Waals surface area contributed by atoms with Gasteiger partial charge in [0.25, 0.3) is 0 Å². The third-order valence-electron chi connectivity index (χ3n) is 2.71. The molecule has 0 aliphatic rings. The van der Waals surface area contributed by atoms with Gasteiger partial charge in [0, 0.05) is 12.7 Å². The van der Waals surface area contributed by atoms with Gasteiger partial charge in [-0.3, -0.25) is 9.67 Å². The van der Waals surface area contributed by atoms with Crippen molar-refractivity contribution in [1.82, 2.24) is 20.0 Å². The molecule has 0 N–H and O–H groups in total. The van der Waals surface area contributed by atoms with E-state index in [9.17, 15) is 0 Å². The van der Waals surface area contributed by atoms with Gasteiger partial charge in [0.2, 0.25) is 0 Å². The number of hydrogen-bond donors (Lipinski definition) is 0. The van der Waals surface area contributed by atoms with Crippen LogP contribution in [0.15, 0.2) is 30.6 Å². The summed E-state index contributed by atoms with van der Waals surface area (Å²) in [6, 6.07) is 5.81. The fourth-order valence-electron chi connectivity index (χ4n) is 1.74. The molecule has 0 unspecified atom stereocenters. The van der Waals surface area contributed by atoms with Gasteiger partial charge in [-0.1, -0.05) is 37.5 Å². The molecule has 90 valence electrons. The number of unbranched alkanes of at least 4 members (excludes halogenated alkanes) is 3. The normalized spacial score (nSPS) is 10.6. The van der Waals surface area contributed by atoms with Gasteiger partial charge in [-0.2, -0.15) is 0 Å². The molecule has 0 atom stereocenters. The number of rotatable bonds is 6. The quantitative estimate of drug-likeness (QED) is 0.717. The molecule has 4 heteroatoms. The summed E-state index contributed by atoms with van der Waals surface area (Å²) in [6.45, 7) is 3.16. The molecule has 0 aromatic carbocycles. The fraction of sp³-hybridized carbons (Fsp3) is 0.462. The smallest absolute Gasteiger partial charge is 0.131 e. The third-order valence-corrected chi connectivity index (χ3v) is 2.71. The Morgan fingerprint density at radius 3 is 2.82 bits per heavy atom. The van der Waals surface area contributed by atoms with Crippen LogP contribution in [0.25, 0.3) is 11.4 Å². The Balaban J connectivity index is 1.92. The lowest BCUT2D eigenvalue weighted by Crippen LogP contribution is -1.98. The molecule has 4 nitrogen and oxygen atoms in total. The summed E-state index contributed by atoms with van der Waals surface area (Å²) in [5.41, 5.74) is 1.73. The molecule has 0 spiro atoms. The predicted molar refractivity (Wildman–Crippen MR) is 67.4 cm³/mol. The van der Waals surface area contributed by atoms with E-state index in [1.54, 1.807) is 6.20 Å². The van der Waals surface area contributed by atoms with Gasteiger partial charge in [0.05, 0.1) is 11.9 Å². The van der Waals surface area contributed by atoms with Crippen LogP contribution < -0.4 is 0 Å². The van der Waals surface area contributed by atoms with E-state index < -0.39 is 0 Å². The summed E-state index contributed by atoms with van der Waals surface area (Å²) in [6.07, 6.45) is 8.72. The van der Waals surface area contributed by atoms with Crippen LogP contribution in [-0.4, -0.2) is 20.0 Å². The van der Waals surface area contributed by atoms with Gasteiger partial charge in [-0.25, -0.2) is 0 Å². The second kappa shape index (κ2) is 6.13. The van der Waals surface area contributed by atoms with Crippen LogP contribution in [0, 0.1) is 0 Å². The highest BCUT2D eigenvalue weighted by Crippen LogP contribution is 2.12. The second-order valence-corrected chi connectivity index (χ2v) is 4.14. The molecule has 0 radical (unpaired) electrons. The van der Waals surface area contributed by atoms with Crippen molar-refractivity contribution in [2.75, 3.05) is 0 Å². The van der Waals surface area contributed by atoms with Crippen molar-refractivity contribution in [3.63, 3.8) is 0 Å². The zero-order valence-electron chi connectivity index (χ0n) is 10.2. The third kappa shape index (κ3) is 3.37. The van der Waals surface area contributed by atoms with Crippen molar-refractivity contribution in [2.24, 2.45) is 0 Å². The minimum atomic E-state index is 0.848. The molecule has 0 fully saturated rings. The summed E-state index contributed by atoms with van der Waals surface area (Å²) >= 11 is 0. The van der Waals surface area contributed by atoms with E-state index in [0.717, 1.165) is 17.9 Å². The maximum absolute atomic E-state index is 4.26. The van der Waals surface area contributed by atoms with E-state index in [-0.39, 0.29) is 0 Å². The molecular weight excluding hydrogens is 212 g/mol. The fourth-order valence-corrected chi connectivity index (χ4v) is 1.74. The van der Waals surface area contributed by atoms with Crippen LogP contribution >= 0.6 is 0 Å². The minimum Gasteiger partial charge on any atom is -0.254 e. The lowest BCUT2D eigenvalue weighted by molar-refractivity contribution is 0.527. The van der Waals surface area contributed by atoms with E-state index in [1.165, 1.54) is 25.7 Å². The summed E-state index contributed by atoms with van der Waals surface area (Å²) in [4.78, 5) is 4.26. The number of nitrogens with zero attached hydrogens (tertiary/aromatic N) is 4. The standard InChI is InChI=1S/C13H18N4/c1-2-3-4-7-10-17-11-13(15-16-17)12-8-5-6-9-14-12/h5-6,8-9,11H,2-4,7,10H2,1H3. The monoisotopic (exact) mass is 230 g/mol. The highest BCUT2D eigenvalue weighted by Gasteiger charge is 2.03.